The minimum absolute atomic E-state index is 0.0855. The molecular formula is C6H15N2O5P. The van der Waals surface area contributed by atoms with Crippen LogP contribution in [0.2, 0.25) is 0 Å². The van der Waals surface area contributed by atoms with Gasteiger partial charge in [-0.1, -0.05) is 0 Å². The molecule has 0 aromatic carbocycles. The van der Waals surface area contributed by atoms with E-state index in [-0.39, 0.29) is 6.61 Å². The molecule has 0 radical (unpaired) electrons. The highest BCUT2D eigenvalue weighted by molar-refractivity contribution is 7.54. The van der Waals surface area contributed by atoms with Crippen molar-refractivity contribution in [2.75, 3.05) is 13.7 Å². The number of methoxy groups -OCH3 is 1. The lowest BCUT2D eigenvalue weighted by molar-refractivity contribution is -0.137. The summed E-state index contributed by atoms with van der Waals surface area (Å²) < 4.78 is 20.0. The summed E-state index contributed by atoms with van der Waals surface area (Å²) in [6.07, 6.45) is 0. The molecule has 5 N–H and O–H groups in total. The molecule has 0 saturated carbocycles. The molecule has 3 atom stereocenters. The Bertz CT molecular complexity index is 244. The Morgan fingerprint density at radius 3 is 2.43 bits per heavy atom. The van der Waals surface area contributed by atoms with Crippen LogP contribution in [0.15, 0.2) is 0 Å². The average molecular weight is 226 g/mol. The standard InChI is InChI=1S/C6H15N2O5P/c1-4(7)14(10,11)13-6(9)5(8)3-12-2/h4-5H,3,7-8H2,1-2H3,(H,10,11). The molecule has 0 amide bonds. The lowest BCUT2D eigenvalue weighted by Gasteiger charge is -2.17. The molecule has 0 aliphatic rings. The van der Waals surface area contributed by atoms with Gasteiger partial charge in [-0.3, -0.25) is 0 Å². The van der Waals surface area contributed by atoms with E-state index < -0.39 is 25.4 Å². The molecule has 0 aromatic rings. The molecule has 0 spiro atoms. The molecule has 7 nitrogen and oxygen atoms in total. The van der Waals surface area contributed by atoms with Crippen LogP contribution >= 0.6 is 7.60 Å². The molecule has 0 aliphatic carbocycles. The first-order valence-electron chi connectivity index (χ1n) is 3.87. The Morgan fingerprint density at radius 1 is 1.57 bits per heavy atom. The fourth-order valence-corrected chi connectivity index (χ4v) is 1.09. The van der Waals surface area contributed by atoms with Crippen LogP contribution in [0.25, 0.3) is 0 Å². The Morgan fingerprint density at radius 2 is 2.07 bits per heavy atom. The van der Waals surface area contributed by atoms with E-state index in [1.54, 1.807) is 0 Å². The third-order valence-electron chi connectivity index (χ3n) is 1.38. The van der Waals surface area contributed by atoms with Crippen molar-refractivity contribution >= 4 is 13.6 Å². The second-order valence-corrected chi connectivity index (χ2v) is 4.90. The van der Waals surface area contributed by atoms with Gasteiger partial charge in [0.15, 0.2) is 0 Å². The van der Waals surface area contributed by atoms with Gasteiger partial charge >= 0.3 is 13.6 Å². The van der Waals surface area contributed by atoms with Crippen molar-refractivity contribution in [1.82, 2.24) is 0 Å². The molecule has 8 heteroatoms. The van der Waals surface area contributed by atoms with Crippen molar-refractivity contribution in [3.63, 3.8) is 0 Å². The maximum atomic E-state index is 11.1. The van der Waals surface area contributed by atoms with Gasteiger partial charge in [0.2, 0.25) is 0 Å². The number of rotatable bonds is 5. The van der Waals surface area contributed by atoms with Gasteiger partial charge in [0.05, 0.1) is 6.61 Å². The zero-order valence-corrected chi connectivity index (χ0v) is 8.94. The van der Waals surface area contributed by atoms with Crippen LogP contribution < -0.4 is 11.5 Å². The van der Waals surface area contributed by atoms with Crippen molar-refractivity contribution in [1.29, 1.82) is 0 Å². The molecule has 0 aromatic heterocycles. The van der Waals surface area contributed by atoms with Crippen LogP contribution in [0.3, 0.4) is 0 Å². The van der Waals surface area contributed by atoms with E-state index in [0.29, 0.717) is 0 Å². The summed E-state index contributed by atoms with van der Waals surface area (Å²) in [6.45, 7) is 1.17. The Labute approximate surface area is 81.9 Å². The third kappa shape index (κ3) is 4.17. The van der Waals surface area contributed by atoms with Gasteiger partial charge in [-0.05, 0) is 6.92 Å². The zero-order chi connectivity index (χ0) is 11.4. The SMILES string of the molecule is COCC(N)C(=O)OP(=O)(O)C(C)N. The summed E-state index contributed by atoms with van der Waals surface area (Å²) in [7, 11) is -2.76. The van der Waals surface area contributed by atoms with Gasteiger partial charge in [-0.15, -0.1) is 0 Å². The fourth-order valence-electron chi connectivity index (χ4n) is 0.527. The van der Waals surface area contributed by atoms with Gasteiger partial charge in [0.1, 0.15) is 11.8 Å². The van der Waals surface area contributed by atoms with Crippen molar-refractivity contribution < 1.29 is 23.5 Å². The number of ether oxygens (including phenoxy) is 1. The molecule has 3 unspecified atom stereocenters. The van der Waals surface area contributed by atoms with E-state index in [1.165, 1.54) is 14.0 Å². The Kier molecular flexibility index (Phi) is 5.25. The summed E-state index contributed by atoms with van der Waals surface area (Å²) in [5.41, 5.74) is 10.4. The topological polar surface area (TPSA) is 125 Å². The van der Waals surface area contributed by atoms with Crippen LogP contribution in [-0.2, 0) is 18.6 Å². The second kappa shape index (κ2) is 5.43. The van der Waals surface area contributed by atoms with Crippen LogP contribution in [-0.4, -0.2) is 36.4 Å². The van der Waals surface area contributed by atoms with E-state index >= 15 is 0 Å². The average Bonchev–Trinajstić information content (AvgIpc) is 2.03. The van der Waals surface area contributed by atoms with Crippen molar-refractivity contribution in [2.45, 2.75) is 18.7 Å². The van der Waals surface area contributed by atoms with E-state index in [4.69, 9.17) is 16.4 Å². The van der Waals surface area contributed by atoms with Crippen molar-refractivity contribution in [3.8, 4) is 0 Å². The third-order valence-corrected chi connectivity index (χ3v) is 2.86. The number of carbonyl (C=O) groups excluding carboxylic acids is 1. The van der Waals surface area contributed by atoms with Crippen LogP contribution in [0.5, 0.6) is 0 Å². The highest BCUT2D eigenvalue weighted by Gasteiger charge is 2.31. The summed E-state index contributed by atoms with van der Waals surface area (Å²) in [5, 5.41) is 0. The summed E-state index contributed by atoms with van der Waals surface area (Å²) in [4.78, 5) is 20.1. The first-order chi connectivity index (χ1) is 6.31. The lowest BCUT2D eigenvalue weighted by atomic mass is 10.3. The van der Waals surface area contributed by atoms with Gasteiger partial charge in [-0.25, -0.2) is 9.36 Å². The minimum Gasteiger partial charge on any atom is -0.389 e. The van der Waals surface area contributed by atoms with Gasteiger partial charge in [0, 0.05) is 7.11 Å². The summed E-state index contributed by atoms with van der Waals surface area (Å²) in [6, 6.07) is -1.08. The molecule has 0 rings (SSSR count). The van der Waals surface area contributed by atoms with E-state index in [2.05, 4.69) is 9.26 Å². The normalized spacial score (nSPS) is 19.5. The lowest BCUT2D eigenvalue weighted by Crippen LogP contribution is -2.36. The highest BCUT2D eigenvalue weighted by Crippen LogP contribution is 2.44. The number of hydrogen-bond acceptors (Lipinski definition) is 6. The molecule has 14 heavy (non-hydrogen) atoms. The van der Waals surface area contributed by atoms with E-state index in [1.807, 2.05) is 0 Å². The predicted molar refractivity (Wildman–Crippen MR) is 49.4 cm³/mol. The van der Waals surface area contributed by atoms with Crippen LogP contribution in [0, 0.1) is 0 Å². The van der Waals surface area contributed by atoms with Gasteiger partial charge in [0.25, 0.3) is 0 Å². The highest BCUT2D eigenvalue weighted by atomic mass is 31.2. The molecule has 0 bridgehead atoms. The minimum atomic E-state index is -4.11. The Hall–Kier alpha value is -0.460. The Balaban J connectivity index is 4.25. The maximum absolute atomic E-state index is 11.1. The van der Waals surface area contributed by atoms with Gasteiger partial charge in [-0.2, -0.15) is 0 Å². The number of carbonyl (C=O) groups is 1. The second-order valence-electron chi connectivity index (χ2n) is 2.78. The fraction of sp³-hybridized carbons (Fsp3) is 0.833. The number of hydrogen-bond donors (Lipinski definition) is 3. The van der Waals surface area contributed by atoms with E-state index in [9.17, 15) is 9.36 Å². The monoisotopic (exact) mass is 226 g/mol. The molecule has 0 saturated heterocycles. The summed E-state index contributed by atoms with van der Waals surface area (Å²) in [5.74, 6) is -2.14. The zero-order valence-electron chi connectivity index (χ0n) is 8.04. The first-order valence-corrected chi connectivity index (χ1v) is 5.52. The quantitative estimate of drug-likeness (QED) is 0.513. The smallest absolute Gasteiger partial charge is 0.389 e. The maximum Gasteiger partial charge on any atom is 0.395 e. The molecule has 0 fully saturated rings. The molecule has 84 valence electrons. The number of nitrogens with two attached hydrogens (primary N) is 2. The van der Waals surface area contributed by atoms with Gasteiger partial charge < -0.3 is 25.6 Å². The van der Waals surface area contributed by atoms with Crippen molar-refractivity contribution in [2.24, 2.45) is 11.5 Å². The predicted octanol–water partition coefficient (Wildman–Crippen LogP) is -1.01. The largest absolute Gasteiger partial charge is 0.395 e. The first kappa shape index (κ1) is 13.5. The molecule has 0 heterocycles. The summed E-state index contributed by atoms with van der Waals surface area (Å²) >= 11 is 0. The van der Waals surface area contributed by atoms with Crippen molar-refractivity contribution in [3.05, 3.63) is 0 Å². The van der Waals surface area contributed by atoms with E-state index in [0.717, 1.165) is 0 Å². The molecule has 0 aliphatic heterocycles. The van der Waals surface area contributed by atoms with Crippen LogP contribution in [0.1, 0.15) is 6.92 Å². The van der Waals surface area contributed by atoms with Crippen LogP contribution in [0.4, 0.5) is 0 Å². The molecular weight excluding hydrogens is 211 g/mol.